The van der Waals surface area contributed by atoms with Gasteiger partial charge in [-0.1, -0.05) is 169 Å². The molecule has 3 aromatic carbocycles. The van der Waals surface area contributed by atoms with E-state index in [0.29, 0.717) is 5.92 Å². The molecular weight excluding hydrogens is 627 g/mol. The third-order valence-electron chi connectivity index (χ3n) is 11.0. The fourth-order valence-corrected chi connectivity index (χ4v) is 8.13. The predicted molar refractivity (Wildman–Crippen MR) is 224 cm³/mol. The largest absolute Gasteiger partial charge is 0.244 e. The lowest BCUT2D eigenvalue weighted by Gasteiger charge is -2.29. The molecule has 258 valence electrons. The summed E-state index contributed by atoms with van der Waals surface area (Å²) >= 11 is 0. The van der Waals surface area contributed by atoms with Gasteiger partial charge in [-0.2, -0.15) is 0 Å². The van der Waals surface area contributed by atoms with Crippen LogP contribution in [-0.2, 0) is 0 Å². The number of benzene rings is 3. The highest BCUT2D eigenvalue weighted by Crippen LogP contribution is 2.44. The topological polar surface area (TPSA) is 12.4 Å². The summed E-state index contributed by atoms with van der Waals surface area (Å²) < 4.78 is 0. The maximum atomic E-state index is 5.21. The lowest BCUT2D eigenvalue weighted by atomic mass is 9.75. The van der Waals surface area contributed by atoms with Gasteiger partial charge < -0.3 is 0 Å². The average Bonchev–Trinajstić information content (AvgIpc) is 3.40. The van der Waals surface area contributed by atoms with Crippen LogP contribution in [-0.4, -0.2) is 5.71 Å². The van der Waals surface area contributed by atoms with E-state index in [-0.39, 0.29) is 5.92 Å². The smallest absolute Gasteiger partial charge is 0.112 e. The summed E-state index contributed by atoms with van der Waals surface area (Å²) in [6.45, 7) is 8.41. The monoisotopic (exact) mass is 675 g/mol. The van der Waals surface area contributed by atoms with Gasteiger partial charge >= 0.3 is 0 Å². The highest BCUT2D eigenvalue weighted by atomic mass is 14.8. The molecule has 0 fully saturated rings. The summed E-state index contributed by atoms with van der Waals surface area (Å²) in [4.78, 5) is 5.21. The Morgan fingerprint density at radius 2 is 1.63 bits per heavy atom. The van der Waals surface area contributed by atoms with Gasteiger partial charge in [0, 0.05) is 17.2 Å². The summed E-state index contributed by atoms with van der Waals surface area (Å²) in [6, 6.07) is 26.0. The van der Waals surface area contributed by atoms with Gasteiger partial charge in [0.25, 0.3) is 0 Å². The third kappa shape index (κ3) is 8.02. The summed E-state index contributed by atoms with van der Waals surface area (Å²) in [5.74, 6) is 0.835. The average molecular weight is 676 g/mol. The minimum atomic E-state index is 0.250. The number of allylic oxidation sites excluding steroid dienone is 20. The molecule has 0 aromatic heterocycles. The first-order chi connectivity index (χ1) is 25.6. The normalized spacial score (nSPS) is 20.7. The van der Waals surface area contributed by atoms with Gasteiger partial charge in [0.2, 0.25) is 0 Å². The molecule has 1 nitrogen and oxygen atoms in total. The van der Waals surface area contributed by atoms with Crippen molar-refractivity contribution >= 4 is 22.2 Å². The van der Waals surface area contributed by atoms with Crippen molar-refractivity contribution < 1.29 is 0 Å². The van der Waals surface area contributed by atoms with E-state index in [1.54, 1.807) is 5.57 Å². The van der Waals surface area contributed by atoms with E-state index < -0.39 is 0 Å². The number of fused-ring (bicyclic) bond motifs is 1. The molecule has 4 aliphatic carbocycles. The number of nitrogens with zero attached hydrogens (tertiary/aromatic N) is 1. The van der Waals surface area contributed by atoms with Gasteiger partial charge in [0.1, 0.15) is 5.70 Å². The van der Waals surface area contributed by atoms with E-state index in [2.05, 4.69) is 172 Å². The molecule has 0 N–H and O–H groups in total. The Balaban J connectivity index is 1.11. The lowest BCUT2D eigenvalue weighted by Crippen LogP contribution is -2.14. The Morgan fingerprint density at radius 1 is 0.808 bits per heavy atom. The standard InChI is InChI=1S/C51H49N/c1-4-16-40(41-18-7-5-8-19-41)35-36-50(46-21-9-6-10-22-46)52-38(3)39-27-29-42(30-28-39)43-31-33-45(34-32-43)48-25-13-11-17-37(2)51(48)49-26-15-23-44-20-12-14-24-47(44)49/h4-7,9-18,20-27,31,33,35,42,51H,1,8,19,28-30,32,34H2,2-3H3/b40-16-,52-38?. The highest BCUT2D eigenvalue weighted by Gasteiger charge is 2.26. The number of aliphatic imine (C=N–C) groups is 1. The highest BCUT2D eigenvalue weighted by molar-refractivity contribution is 6.01. The van der Waals surface area contributed by atoms with Gasteiger partial charge in [-0.25, -0.2) is 4.99 Å². The van der Waals surface area contributed by atoms with Crippen LogP contribution in [0, 0.1) is 5.92 Å². The molecule has 7 rings (SSSR count). The van der Waals surface area contributed by atoms with Crippen molar-refractivity contribution in [2.45, 2.75) is 64.7 Å². The molecule has 0 amide bonds. The van der Waals surface area contributed by atoms with Crippen molar-refractivity contribution in [3.8, 4) is 0 Å². The van der Waals surface area contributed by atoms with Gasteiger partial charge in [-0.3, -0.25) is 0 Å². The molecule has 52 heavy (non-hydrogen) atoms. The zero-order valence-electron chi connectivity index (χ0n) is 30.7. The van der Waals surface area contributed by atoms with E-state index in [1.165, 1.54) is 44.2 Å². The Labute approximate surface area is 311 Å². The lowest BCUT2D eigenvalue weighted by molar-refractivity contribution is 0.525. The molecule has 0 spiro atoms. The molecular formula is C51H49N. The maximum Gasteiger partial charge on any atom is 0.112 e. The molecule has 4 aliphatic rings. The first-order valence-electron chi connectivity index (χ1n) is 19.0. The molecule has 1 heteroatoms. The van der Waals surface area contributed by atoms with E-state index in [9.17, 15) is 0 Å². The molecule has 0 aliphatic heterocycles. The van der Waals surface area contributed by atoms with E-state index in [4.69, 9.17) is 4.99 Å². The van der Waals surface area contributed by atoms with Crippen LogP contribution in [0.3, 0.4) is 0 Å². The maximum absolute atomic E-state index is 5.21. The second-order valence-corrected chi connectivity index (χ2v) is 14.3. The fraction of sp³-hybridized carbons (Fsp3) is 0.216. The minimum absolute atomic E-state index is 0.250. The first-order valence-corrected chi connectivity index (χ1v) is 19.0. The van der Waals surface area contributed by atoms with Crippen LogP contribution < -0.4 is 0 Å². The van der Waals surface area contributed by atoms with Crippen molar-refractivity contribution in [2.24, 2.45) is 10.9 Å². The zero-order chi connectivity index (χ0) is 35.7. The Hall–Kier alpha value is -5.49. The number of hydrogen-bond donors (Lipinski definition) is 0. The van der Waals surface area contributed by atoms with Gasteiger partial charge in [-0.05, 0) is 115 Å². The number of rotatable bonds is 9. The van der Waals surface area contributed by atoms with Crippen LogP contribution in [0.5, 0.6) is 0 Å². The Bertz CT molecular complexity index is 2220. The van der Waals surface area contributed by atoms with E-state index in [0.717, 1.165) is 67.5 Å². The quantitative estimate of drug-likeness (QED) is 0.122. The second-order valence-electron chi connectivity index (χ2n) is 14.3. The molecule has 3 aromatic rings. The van der Waals surface area contributed by atoms with Crippen LogP contribution in [0.2, 0.25) is 0 Å². The molecule has 0 radical (unpaired) electrons. The molecule has 0 bridgehead atoms. The molecule has 0 saturated carbocycles. The summed E-state index contributed by atoms with van der Waals surface area (Å²) in [5.41, 5.74) is 17.7. The molecule has 2 unspecified atom stereocenters. The van der Waals surface area contributed by atoms with Crippen LogP contribution >= 0.6 is 0 Å². The molecule has 0 saturated heterocycles. The van der Waals surface area contributed by atoms with Crippen LogP contribution in [0.15, 0.2) is 208 Å². The number of hydrogen-bond acceptors (Lipinski definition) is 1. The van der Waals surface area contributed by atoms with Gasteiger partial charge in [0.15, 0.2) is 0 Å². The first kappa shape index (κ1) is 34.9. The fourth-order valence-electron chi connectivity index (χ4n) is 8.13. The SMILES string of the molecule is C=C/C=C(/C=C=C(N=C(C)C1=CCC(C2=CC=C(C3=CC=CC=C(C)C3c3cccc4ccccc34)CC2)CC1)c1ccccc1)C1=CC=CCC1. The molecule has 2 atom stereocenters. The van der Waals surface area contributed by atoms with Gasteiger partial charge in [-0.15, -0.1) is 0 Å². The van der Waals surface area contributed by atoms with Gasteiger partial charge in [0.05, 0.1) is 0 Å². The van der Waals surface area contributed by atoms with Crippen molar-refractivity contribution in [3.05, 3.63) is 214 Å². The minimum Gasteiger partial charge on any atom is -0.244 e. The van der Waals surface area contributed by atoms with Crippen LogP contribution in [0.25, 0.3) is 16.5 Å². The van der Waals surface area contributed by atoms with Crippen molar-refractivity contribution in [1.82, 2.24) is 0 Å². The summed E-state index contributed by atoms with van der Waals surface area (Å²) in [7, 11) is 0. The Kier molecular flexibility index (Phi) is 11.2. The summed E-state index contributed by atoms with van der Waals surface area (Å²) in [6.07, 6.45) is 36.5. The van der Waals surface area contributed by atoms with Crippen molar-refractivity contribution in [1.29, 1.82) is 0 Å². The third-order valence-corrected chi connectivity index (χ3v) is 11.0. The van der Waals surface area contributed by atoms with Crippen molar-refractivity contribution in [3.63, 3.8) is 0 Å². The predicted octanol–water partition coefficient (Wildman–Crippen LogP) is 13.8. The summed E-state index contributed by atoms with van der Waals surface area (Å²) in [5, 5.41) is 2.65. The van der Waals surface area contributed by atoms with Crippen LogP contribution in [0.4, 0.5) is 0 Å². The Morgan fingerprint density at radius 3 is 2.40 bits per heavy atom. The molecule has 0 heterocycles. The second kappa shape index (κ2) is 16.7. The van der Waals surface area contributed by atoms with Crippen molar-refractivity contribution in [2.75, 3.05) is 0 Å². The van der Waals surface area contributed by atoms with Crippen LogP contribution in [0.1, 0.15) is 75.8 Å². The van der Waals surface area contributed by atoms with E-state index in [1.807, 2.05) is 6.08 Å². The zero-order valence-corrected chi connectivity index (χ0v) is 30.7. The van der Waals surface area contributed by atoms with E-state index >= 15 is 0 Å².